The van der Waals surface area contributed by atoms with Gasteiger partial charge in [0, 0.05) is 13.1 Å². The summed E-state index contributed by atoms with van der Waals surface area (Å²) in [5, 5.41) is 3.55. The zero-order chi connectivity index (χ0) is 12.8. The van der Waals surface area contributed by atoms with E-state index >= 15 is 0 Å². The summed E-state index contributed by atoms with van der Waals surface area (Å²) in [5.74, 6) is 0.706. The van der Waals surface area contributed by atoms with Gasteiger partial charge in [-0.05, 0) is 26.1 Å². The molecule has 0 aliphatic rings. The first-order chi connectivity index (χ1) is 8.02. The van der Waals surface area contributed by atoms with Gasteiger partial charge in [-0.2, -0.15) is 0 Å². The van der Waals surface area contributed by atoms with Crippen LogP contribution in [0.3, 0.4) is 0 Å². The summed E-state index contributed by atoms with van der Waals surface area (Å²) in [4.78, 5) is 5.77. The number of pyridine rings is 1. The van der Waals surface area contributed by atoms with Gasteiger partial charge in [-0.25, -0.2) is 13.8 Å². The van der Waals surface area contributed by atoms with Crippen LogP contribution < -0.4 is 5.32 Å². The van der Waals surface area contributed by atoms with Gasteiger partial charge in [0.25, 0.3) is 6.43 Å². The van der Waals surface area contributed by atoms with Gasteiger partial charge < -0.3 is 5.32 Å². The minimum Gasteiger partial charge on any atom is -0.370 e. The number of halogens is 3. The first kappa shape index (κ1) is 14.1. The largest absolute Gasteiger partial charge is 0.370 e. The number of nitrogens with one attached hydrogen (secondary N) is 1. The second-order valence-corrected chi connectivity index (χ2v) is 4.15. The fraction of sp³-hybridized carbons (Fsp3) is 0.545. The Kier molecular flexibility index (Phi) is 5.58. The molecule has 0 bridgehead atoms. The molecule has 1 N–H and O–H groups in total. The zero-order valence-electron chi connectivity index (χ0n) is 9.88. The van der Waals surface area contributed by atoms with Crippen molar-refractivity contribution in [1.82, 2.24) is 9.88 Å². The van der Waals surface area contributed by atoms with Crippen LogP contribution in [0, 0.1) is 0 Å². The van der Waals surface area contributed by atoms with E-state index in [1.165, 1.54) is 4.90 Å². The Hall–Kier alpha value is -0.940. The van der Waals surface area contributed by atoms with E-state index < -0.39 is 6.43 Å². The molecule has 0 aromatic carbocycles. The second kappa shape index (κ2) is 6.71. The van der Waals surface area contributed by atoms with Crippen molar-refractivity contribution in [2.45, 2.75) is 19.9 Å². The minimum atomic E-state index is -2.35. The molecule has 1 heterocycles. The summed E-state index contributed by atoms with van der Waals surface area (Å²) in [6.07, 6.45) is -2.35. The van der Waals surface area contributed by atoms with E-state index in [-0.39, 0.29) is 6.54 Å². The van der Waals surface area contributed by atoms with Crippen LogP contribution in [0.4, 0.5) is 14.6 Å². The maximum absolute atomic E-state index is 12.2. The Labute approximate surface area is 105 Å². The van der Waals surface area contributed by atoms with Crippen molar-refractivity contribution in [2.75, 3.05) is 25.5 Å². The van der Waals surface area contributed by atoms with Crippen LogP contribution in [-0.2, 0) is 6.54 Å². The van der Waals surface area contributed by atoms with Crippen molar-refractivity contribution in [3.8, 4) is 0 Å². The van der Waals surface area contributed by atoms with Gasteiger partial charge in [0.15, 0.2) is 0 Å². The molecule has 96 valence electrons. The highest BCUT2D eigenvalue weighted by Gasteiger charge is 2.11. The lowest BCUT2D eigenvalue weighted by atomic mass is 10.3. The van der Waals surface area contributed by atoms with E-state index in [4.69, 9.17) is 11.6 Å². The molecule has 0 aliphatic carbocycles. The summed E-state index contributed by atoms with van der Waals surface area (Å²) >= 11 is 5.97. The lowest BCUT2D eigenvalue weighted by Crippen LogP contribution is -2.24. The van der Waals surface area contributed by atoms with Gasteiger partial charge >= 0.3 is 0 Å². The van der Waals surface area contributed by atoms with Gasteiger partial charge in [0.2, 0.25) is 0 Å². The van der Waals surface area contributed by atoms with Crippen molar-refractivity contribution in [1.29, 1.82) is 0 Å². The quantitative estimate of drug-likeness (QED) is 0.855. The molecule has 17 heavy (non-hydrogen) atoms. The van der Waals surface area contributed by atoms with Gasteiger partial charge in [-0.1, -0.05) is 11.6 Å². The van der Waals surface area contributed by atoms with Crippen molar-refractivity contribution >= 4 is 17.4 Å². The number of anilines is 1. The van der Waals surface area contributed by atoms with Crippen molar-refractivity contribution in [2.24, 2.45) is 0 Å². The van der Waals surface area contributed by atoms with E-state index in [9.17, 15) is 8.78 Å². The van der Waals surface area contributed by atoms with Crippen LogP contribution in [-0.4, -0.2) is 36.4 Å². The predicted octanol–water partition coefficient (Wildman–Crippen LogP) is 2.86. The highest BCUT2D eigenvalue weighted by molar-refractivity contribution is 6.31. The van der Waals surface area contributed by atoms with Crippen molar-refractivity contribution in [3.63, 3.8) is 0 Å². The van der Waals surface area contributed by atoms with E-state index in [1.54, 1.807) is 19.2 Å². The zero-order valence-corrected chi connectivity index (χ0v) is 10.6. The molecule has 0 unspecified atom stereocenters. The van der Waals surface area contributed by atoms with Crippen LogP contribution in [0.15, 0.2) is 12.1 Å². The highest BCUT2D eigenvalue weighted by Crippen LogP contribution is 2.18. The van der Waals surface area contributed by atoms with Crippen molar-refractivity contribution < 1.29 is 8.78 Å². The van der Waals surface area contributed by atoms with E-state index in [1.807, 2.05) is 6.92 Å². The van der Waals surface area contributed by atoms with Crippen molar-refractivity contribution in [3.05, 3.63) is 22.8 Å². The van der Waals surface area contributed by atoms with Crippen LogP contribution in [0.5, 0.6) is 0 Å². The van der Waals surface area contributed by atoms with Crippen LogP contribution >= 0.6 is 11.6 Å². The third-order valence-corrected chi connectivity index (χ3v) is 2.49. The third kappa shape index (κ3) is 4.83. The Bertz CT molecular complexity index is 361. The summed E-state index contributed by atoms with van der Waals surface area (Å²) in [5.41, 5.74) is 0.605. The Morgan fingerprint density at radius 1 is 1.47 bits per heavy atom. The monoisotopic (exact) mass is 263 g/mol. The maximum atomic E-state index is 12.2. The second-order valence-electron chi connectivity index (χ2n) is 3.74. The van der Waals surface area contributed by atoms with Crippen LogP contribution in [0.25, 0.3) is 0 Å². The molecular weight excluding hydrogens is 248 g/mol. The highest BCUT2D eigenvalue weighted by atomic mass is 35.5. The Morgan fingerprint density at radius 2 is 2.18 bits per heavy atom. The van der Waals surface area contributed by atoms with E-state index in [0.29, 0.717) is 23.1 Å². The number of hydrogen-bond donors (Lipinski definition) is 1. The van der Waals surface area contributed by atoms with Gasteiger partial charge in [-0.15, -0.1) is 0 Å². The molecule has 0 radical (unpaired) electrons. The molecule has 6 heteroatoms. The molecule has 0 amide bonds. The normalized spacial score (nSPS) is 11.2. The number of rotatable bonds is 6. The van der Waals surface area contributed by atoms with Gasteiger partial charge in [0.05, 0.1) is 17.3 Å². The molecule has 0 saturated carbocycles. The van der Waals surface area contributed by atoms with E-state index in [2.05, 4.69) is 10.3 Å². The fourth-order valence-corrected chi connectivity index (χ4v) is 1.60. The van der Waals surface area contributed by atoms with Gasteiger partial charge in [-0.3, -0.25) is 4.90 Å². The lowest BCUT2D eigenvalue weighted by Gasteiger charge is -2.16. The molecule has 0 fully saturated rings. The molecule has 1 aromatic heterocycles. The summed E-state index contributed by atoms with van der Waals surface area (Å²) in [6, 6.07) is 3.49. The summed E-state index contributed by atoms with van der Waals surface area (Å²) in [6.45, 7) is 2.73. The van der Waals surface area contributed by atoms with Gasteiger partial charge in [0.1, 0.15) is 5.82 Å². The molecular formula is C11H16ClF2N3. The third-order valence-electron chi connectivity index (χ3n) is 2.15. The molecule has 1 aromatic rings. The molecule has 1 rings (SSSR count). The van der Waals surface area contributed by atoms with Crippen LogP contribution in [0.2, 0.25) is 5.02 Å². The number of alkyl halides is 2. The number of aromatic nitrogens is 1. The first-order valence-corrected chi connectivity index (χ1v) is 5.76. The smallest absolute Gasteiger partial charge is 0.251 e. The topological polar surface area (TPSA) is 28.2 Å². The number of nitrogens with zero attached hydrogens (tertiary/aromatic N) is 2. The molecule has 0 spiro atoms. The lowest BCUT2D eigenvalue weighted by molar-refractivity contribution is 0.0971. The van der Waals surface area contributed by atoms with E-state index in [0.717, 1.165) is 6.54 Å². The molecule has 0 aliphatic heterocycles. The minimum absolute atomic E-state index is 0.288. The Balaban J connectivity index is 2.71. The molecule has 0 saturated heterocycles. The SMILES string of the molecule is CCNc1ccc(Cl)c(CN(C)CC(F)F)n1. The average Bonchev–Trinajstić information content (AvgIpc) is 2.22. The fourth-order valence-electron chi connectivity index (χ4n) is 1.43. The average molecular weight is 264 g/mol. The summed E-state index contributed by atoms with van der Waals surface area (Å²) in [7, 11) is 1.62. The molecule has 3 nitrogen and oxygen atoms in total. The standard InChI is InChI=1S/C11H16ClF2N3/c1-3-15-11-5-4-8(12)9(16-11)6-17(2)7-10(13)14/h4-5,10H,3,6-7H2,1-2H3,(H,15,16). The Morgan fingerprint density at radius 3 is 2.76 bits per heavy atom. The summed E-state index contributed by atoms with van der Waals surface area (Å²) < 4.78 is 24.4. The predicted molar refractivity (Wildman–Crippen MR) is 65.7 cm³/mol. The maximum Gasteiger partial charge on any atom is 0.251 e. The molecule has 0 atom stereocenters. The number of hydrogen-bond acceptors (Lipinski definition) is 3. The first-order valence-electron chi connectivity index (χ1n) is 5.39. The van der Waals surface area contributed by atoms with Crippen LogP contribution in [0.1, 0.15) is 12.6 Å².